The fourth-order valence-corrected chi connectivity index (χ4v) is 3.32. The quantitative estimate of drug-likeness (QED) is 0.498. The number of fused-ring (bicyclic) bond motifs is 2. The number of aromatic amines is 1. The van der Waals surface area contributed by atoms with Crippen LogP contribution in [0.2, 0.25) is 0 Å². The van der Waals surface area contributed by atoms with Crippen molar-refractivity contribution in [1.29, 1.82) is 0 Å². The van der Waals surface area contributed by atoms with Gasteiger partial charge in [-0.2, -0.15) is 0 Å². The Labute approximate surface area is 158 Å². The van der Waals surface area contributed by atoms with E-state index in [2.05, 4.69) is 10.3 Å². The second-order valence-electron chi connectivity index (χ2n) is 6.43. The van der Waals surface area contributed by atoms with Crippen molar-refractivity contribution < 1.29 is 19.5 Å². The van der Waals surface area contributed by atoms with Gasteiger partial charge < -0.3 is 15.4 Å². The zero-order valence-electron chi connectivity index (χ0n) is 14.7. The van der Waals surface area contributed by atoms with Crippen molar-refractivity contribution in [3.05, 3.63) is 92.4 Å². The minimum atomic E-state index is -0.883. The van der Waals surface area contributed by atoms with Crippen LogP contribution in [0.4, 0.5) is 5.69 Å². The minimum Gasteiger partial charge on any atom is -0.507 e. The molecular weight excluding hydrogens is 360 g/mol. The van der Waals surface area contributed by atoms with E-state index in [1.165, 1.54) is 24.3 Å². The van der Waals surface area contributed by atoms with Crippen LogP contribution in [0.3, 0.4) is 0 Å². The number of aromatic nitrogens is 1. The van der Waals surface area contributed by atoms with Crippen LogP contribution in [0.5, 0.6) is 5.75 Å². The number of pyridine rings is 1. The van der Waals surface area contributed by atoms with E-state index >= 15 is 0 Å². The predicted octanol–water partition coefficient (Wildman–Crippen LogP) is 2.42. The topological polar surface area (TPSA) is 116 Å². The lowest BCUT2D eigenvalue weighted by molar-refractivity contribution is 0.0978. The van der Waals surface area contributed by atoms with Crippen LogP contribution in [0.25, 0.3) is 0 Å². The first-order valence-electron chi connectivity index (χ1n) is 8.44. The van der Waals surface area contributed by atoms with Crippen LogP contribution in [-0.4, -0.2) is 27.6 Å². The van der Waals surface area contributed by atoms with Crippen molar-refractivity contribution in [2.75, 3.05) is 5.32 Å². The number of benzene rings is 2. The van der Waals surface area contributed by atoms with E-state index in [0.29, 0.717) is 11.3 Å². The number of anilines is 1. The van der Waals surface area contributed by atoms with Gasteiger partial charge in [0.25, 0.3) is 11.5 Å². The van der Waals surface area contributed by atoms with Gasteiger partial charge in [-0.25, -0.2) is 0 Å². The largest absolute Gasteiger partial charge is 0.507 e. The normalized spacial score (nSPS) is 12.3. The molecule has 2 aromatic carbocycles. The maximum atomic E-state index is 13.0. The predicted molar refractivity (Wildman–Crippen MR) is 101 cm³/mol. The van der Waals surface area contributed by atoms with Gasteiger partial charge in [-0.15, -0.1) is 0 Å². The molecule has 7 heteroatoms. The molecule has 1 aliphatic carbocycles. The summed E-state index contributed by atoms with van der Waals surface area (Å²) in [6.07, 6.45) is 0. The molecule has 0 saturated carbocycles. The van der Waals surface area contributed by atoms with Crippen molar-refractivity contribution in [1.82, 2.24) is 4.98 Å². The van der Waals surface area contributed by atoms with Crippen LogP contribution in [0.1, 0.15) is 47.9 Å². The highest BCUT2D eigenvalue weighted by Gasteiger charge is 2.32. The second-order valence-corrected chi connectivity index (χ2v) is 6.43. The number of H-pyrrole nitrogens is 1. The number of hydrogen-bond donors (Lipinski definition) is 3. The number of ketones is 2. The smallest absolute Gasteiger partial charge is 0.265 e. The third kappa shape index (κ3) is 2.61. The maximum absolute atomic E-state index is 13.0. The average Bonchev–Trinajstić information content (AvgIpc) is 2.65. The summed E-state index contributed by atoms with van der Waals surface area (Å²) in [5, 5.41) is 12.5. The Morgan fingerprint density at radius 2 is 1.57 bits per heavy atom. The number of hydrogen-bond acceptors (Lipinski definition) is 5. The van der Waals surface area contributed by atoms with E-state index in [0.717, 1.165) is 0 Å². The molecule has 0 aliphatic heterocycles. The van der Waals surface area contributed by atoms with Crippen molar-refractivity contribution in [3.63, 3.8) is 0 Å². The summed E-state index contributed by atoms with van der Waals surface area (Å²) in [7, 11) is 0. The summed E-state index contributed by atoms with van der Waals surface area (Å²) in [6.45, 7) is 1.57. The highest BCUT2D eigenvalue weighted by atomic mass is 16.3. The highest BCUT2D eigenvalue weighted by molar-refractivity contribution is 6.30. The Morgan fingerprint density at radius 1 is 0.929 bits per heavy atom. The highest BCUT2D eigenvalue weighted by Crippen LogP contribution is 2.32. The van der Waals surface area contributed by atoms with Gasteiger partial charge in [0, 0.05) is 22.4 Å². The Kier molecular flexibility index (Phi) is 3.93. The van der Waals surface area contributed by atoms with Gasteiger partial charge in [0.05, 0.1) is 11.3 Å². The van der Waals surface area contributed by atoms with Gasteiger partial charge in [0.15, 0.2) is 11.6 Å². The third-order valence-corrected chi connectivity index (χ3v) is 4.57. The molecule has 1 aromatic heterocycles. The lowest BCUT2D eigenvalue weighted by Gasteiger charge is -2.20. The molecule has 0 spiro atoms. The summed E-state index contributed by atoms with van der Waals surface area (Å²) in [6, 6.07) is 12.2. The molecule has 0 atom stereocenters. The standard InChI is InChI=1S/C21H14N2O5/c1-10-9-15(24)17(20(27)22-10)21(28)23-14-8-4-7-13-16(14)19(26)12-6-3-2-5-11(12)18(13)25/h2-9H,1H3,(H,23,28)(H2,22,24,27). The summed E-state index contributed by atoms with van der Waals surface area (Å²) in [5.74, 6) is -2.08. The molecule has 1 heterocycles. The number of rotatable bonds is 2. The fraction of sp³-hybridized carbons (Fsp3) is 0.0476. The molecule has 3 N–H and O–H groups in total. The first-order valence-corrected chi connectivity index (χ1v) is 8.44. The number of aryl methyl sites for hydroxylation is 1. The van der Waals surface area contributed by atoms with E-state index in [9.17, 15) is 24.3 Å². The monoisotopic (exact) mass is 374 g/mol. The summed E-state index contributed by atoms with van der Waals surface area (Å²) in [5.41, 5.74) is 0.0360. The first kappa shape index (κ1) is 17.4. The van der Waals surface area contributed by atoms with E-state index in [4.69, 9.17) is 0 Å². The van der Waals surface area contributed by atoms with E-state index in [-0.39, 0.29) is 28.2 Å². The minimum absolute atomic E-state index is 0.0579. The number of amides is 1. The molecule has 0 radical (unpaired) electrons. The second kappa shape index (κ2) is 6.31. The average molecular weight is 374 g/mol. The van der Waals surface area contributed by atoms with E-state index < -0.39 is 28.6 Å². The number of nitrogens with one attached hydrogen (secondary N) is 2. The molecule has 1 aliphatic rings. The van der Waals surface area contributed by atoms with Crippen LogP contribution >= 0.6 is 0 Å². The van der Waals surface area contributed by atoms with Gasteiger partial charge in [-0.3, -0.25) is 19.2 Å². The zero-order chi connectivity index (χ0) is 20.0. The summed E-state index contributed by atoms with van der Waals surface area (Å²) < 4.78 is 0. The number of carbonyl (C=O) groups is 3. The molecule has 0 bridgehead atoms. The molecule has 1 amide bonds. The van der Waals surface area contributed by atoms with Crippen LogP contribution in [0, 0.1) is 6.92 Å². The Bertz CT molecular complexity index is 1240. The number of aromatic hydroxyl groups is 1. The van der Waals surface area contributed by atoms with Gasteiger partial charge in [-0.1, -0.05) is 36.4 Å². The summed E-state index contributed by atoms with van der Waals surface area (Å²) in [4.78, 5) is 52.8. The molecule has 4 rings (SSSR count). The molecule has 28 heavy (non-hydrogen) atoms. The molecule has 0 fully saturated rings. The molecule has 3 aromatic rings. The van der Waals surface area contributed by atoms with Crippen molar-refractivity contribution in [3.8, 4) is 5.75 Å². The Morgan fingerprint density at radius 3 is 2.25 bits per heavy atom. The molecule has 7 nitrogen and oxygen atoms in total. The Balaban J connectivity index is 1.80. The van der Waals surface area contributed by atoms with Crippen molar-refractivity contribution >= 4 is 23.2 Å². The van der Waals surface area contributed by atoms with Crippen LogP contribution < -0.4 is 10.9 Å². The maximum Gasteiger partial charge on any atom is 0.265 e. The van der Waals surface area contributed by atoms with Gasteiger partial charge in [-0.05, 0) is 19.1 Å². The lowest BCUT2D eigenvalue weighted by Crippen LogP contribution is -2.27. The van der Waals surface area contributed by atoms with E-state index in [1.54, 1.807) is 31.2 Å². The number of carbonyl (C=O) groups excluding carboxylic acids is 3. The van der Waals surface area contributed by atoms with Gasteiger partial charge in [0.2, 0.25) is 0 Å². The molecular formula is C21H14N2O5. The zero-order valence-corrected chi connectivity index (χ0v) is 14.7. The van der Waals surface area contributed by atoms with Crippen molar-refractivity contribution in [2.24, 2.45) is 0 Å². The SMILES string of the molecule is Cc1cc(O)c(C(=O)Nc2cccc3c2C(=O)c2ccccc2C3=O)c(=O)[nH]1. The fourth-order valence-electron chi connectivity index (χ4n) is 3.32. The van der Waals surface area contributed by atoms with Gasteiger partial charge >= 0.3 is 0 Å². The summed E-state index contributed by atoms with van der Waals surface area (Å²) >= 11 is 0. The van der Waals surface area contributed by atoms with Crippen LogP contribution in [-0.2, 0) is 0 Å². The van der Waals surface area contributed by atoms with Crippen molar-refractivity contribution in [2.45, 2.75) is 6.92 Å². The van der Waals surface area contributed by atoms with E-state index in [1.807, 2.05) is 0 Å². The third-order valence-electron chi connectivity index (χ3n) is 4.57. The molecule has 0 saturated heterocycles. The molecule has 0 unspecified atom stereocenters. The van der Waals surface area contributed by atoms with Gasteiger partial charge in [0.1, 0.15) is 11.3 Å². The first-order chi connectivity index (χ1) is 13.4. The van der Waals surface area contributed by atoms with Crippen LogP contribution in [0.15, 0.2) is 53.3 Å². The lowest BCUT2D eigenvalue weighted by atomic mass is 9.83. The Hall–Kier alpha value is -4.00. The molecule has 138 valence electrons.